The minimum absolute atomic E-state index is 0.00201. The van der Waals surface area contributed by atoms with Crippen molar-refractivity contribution in [2.75, 3.05) is 11.9 Å². The van der Waals surface area contributed by atoms with Crippen LogP contribution in [0.25, 0.3) is 0 Å². The molecule has 1 amide bonds. The van der Waals surface area contributed by atoms with Gasteiger partial charge in [0.2, 0.25) is 0 Å². The molecule has 2 heterocycles. The molecular formula is C10H10N2O4. The van der Waals surface area contributed by atoms with Gasteiger partial charge in [0.15, 0.2) is 18.2 Å². The maximum absolute atomic E-state index is 11.0. The van der Waals surface area contributed by atoms with Crippen molar-refractivity contribution in [3.05, 3.63) is 17.8 Å². The first kappa shape index (κ1) is 10.4. The minimum atomic E-state index is -0.375. The Bertz CT molecular complexity index is 444. The average Bonchev–Trinajstić information content (AvgIpc) is 2.25. The van der Waals surface area contributed by atoms with E-state index in [2.05, 4.69) is 10.3 Å². The summed E-state index contributed by atoms with van der Waals surface area (Å²) in [6.45, 7) is 1.40. The van der Waals surface area contributed by atoms with Crippen LogP contribution in [0.1, 0.15) is 12.6 Å². The molecule has 0 saturated carbocycles. The Kier molecular flexibility index (Phi) is 2.72. The molecule has 6 nitrogen and oxygen atoms in total. The van der Waals surface area contributed by atoms with Crippen LogP contribution in [0.3, 0.4) is 0 Å². The van der Waals surface area contributed by atoms with Gasteiger partial charge in [0.25, 0.3) is 5.91 Å². The largest absolute Gasteiger partial charge is 0.480 e. The number of nitrogens with zero attached hydrogens (tertiary/aromatic N) is 1. The first-order chi connectivity index (χ1) is 7.65. The lowest BCUT2D eigenvalue weighted by molar-refractivity contribution is -0.142. The summed E-state index contributed by atoms with van der Waals surface area (Å²) >= 11 is 0. The number of ether oxygens (including phenoxy) is 2. The predicted molar refractivity (Wildman–Crippen MR) is 53.8 cm³/mol. The molecule has 0 spiro atoms. The van der Waals surface area contributed by atoms with E-state index in [1.54, 1.807) is 12.1 Å². The third-order valence-electron chi connectivity index (χ3n) is 1.96. The number of anilines is 1. The zero-order valence-corrected chi connectivity index (χ0v) is 8.65. The maximum atomic E-state index is 11.0. The van der Waals surface area contributed by atoms with E-state index in [4.69, 9.17) is 9.47 Å². The molecule has 0 fully saturated rings. The van der Waals surface area contributed by atoms with E-state index in [-0.39, 0.29) is 25.1 Å². The molecule has 0 aliphatic carbocycles. The van der Waals surface area contributed by atoms with Crippen LogP contribution in [0.5, 0.6) is 5.75 Å². The van der Waals surface area contributed by atoms with Crippen molar-refractivity contribution in [3.8, 4) is 5.75 Å². The van der Waals surface area contributed by atoms with Crippen molar-refractivity contribution in [3.63, 3.8) is 0 Å². The Morgan fingerprint density at radius 3 is 3.19 bits per heavy atom. The van der Waals surface area contributed by atoms with Crippen molar-refractivity contribution < 1.29 is 19.1 Å². The standard InChI is InChI=1S/C10H10N2O4/c1-6(13)15-4-7-2-3-8-10(11-7)12-9(14)5-16-8/h2-3H,4-5H2,1H3,(H,11,12,14). The zero-order chi connectivity index (χ0) is 11.5. The highest BCUT2D eigenvalue weighted by molar-refractivity contribution is 5.94. The first-order valence-electron chi connectivity index (χ1n) is 4.71. The second-order valence-corrected chi connectivity index (χ2v) is 3.27. The summed E-state index contributed by atoms with van der Waals surface area (Å²) in [5.74, 6) is 0.261. The van der Waals surface area contributed by atoms with E-state index in [1.165, 1.54) is 6.92 Å². The summed E-state index contributed by atoms with van der Waals surface area (Å²) in [5.41, 5.74) is 0.555. The summed E-state index contributed by atoms with van der Waals surface area (Å²) in [7, 11) is 0. The van der Waals surface area contributed by atoms with Gasteiger partial charge in [-0.15, -0.1) is 0 Å². The van der Waals surface area contributed by atoms with Gasteiger partial charge < -0.3 is 14.8 Å². The highest BCUT2D eigenvalue weighted by Gasteiger charge is 2.17. The van der Waals surface area contributed by atoms with Gasteiger partial charge in [-0.1, -0.05) is 0 Å². The molecule has 1 aromatic rings. The lowest BCUT2D eigenvalue weighted by Gasteiger charge is -2.17. The lowest BCUT2D eigenvalue weighted by Crippen LogP contribution is -2.26. The van der Waals surface area contributed by atoms with Gasteiger partial charge in [-0.05, 0) is 12.1 Å². The highest BCUT2D eigenvalue weighted by atomic mass is 16.5. The Morgan fingerprint density at radius 1 is 1.62 bits per heavy atom. The molecule has 1 aliphatic heterocycles. The number of pyridine rings is 1. The van der Waals surface area contributed by atoms with Crippen molar-refractivity contribution in [1.82, 2.24) is 4.98 Å². The Morgan fingerprint density at radius 2 is 2.44 bits per heavy atom. The van der Waals surface area contributed by atoms with Crippen LogP contribution in [0, 0.1) is 0 Å². The lowest BCUT2D eigenvalue weighted by atomic mass is 10.3. The van der Waals surface area contributed by atoms with E-state index >= 15 is 0 Å². The molecule has 1 N–H and O–H groups in total. The SMILES string of the molecule is CC(=O)OCc1ccc2c(n1)NC(=O)CO2. The number of carbonyl (C=O) groups excluding carboxylic acids is 2. The zero-order valence-electron chi connectivity index (χ0n) is 8.65. The summed E-state index contributed by atoms with van der Waals surface area (Å²) in [5, 5.41) is 2.57. The molecule has 2 rings (SSSR count). The van der Waals surface area contributed by atoms with E-state index < -0.39 is 0 Å². The van der Waals surface area contributed by atoms with E-state index in [0.29, 0.717) is 17.3 Å². The number of nitrogens with one attached hydrogen (secondary N) is 1. The Balaban J connectivity index is 2.14. The fourth-order valence-electron chi connectivity index (χ4n) is 1.26. The summed E-state index contributed by atoms with van der Waals surface area (Å²) < 4.78 is 9.92. The molecule has 0 atom stereocenters. The van der Waals surface area contributed by atoms with Gasteiger partial charge >= 0.3 is 5.97 Å². The van der Waals surface area contributed by atoms with Crippen molar-refractivity contribution >= 4 is 17.7 Å². The molecule has 0 saturated heterocycles. The number of hydrogen-bond acceptors (Lipinski definition) is 5. The minimum Gasteiger partial charge on any atom is -0.480 e. The number of carbonyl (C=O) groups is 2. The molecular weight excluding hydrogens is 212 g/mol. The van der Waals surface area contributed by atoms with Crippen molar-refractivity contribution in [2.24, 2.45) is 0 Å². The Hall–Kier alpha value is -2.11. The van der Waals surface area contributed by atoms with Crippen molar-refractivity contribution in [1.29, 1.82) is 0 Å². The van der Waals surface area contributed by atoms with E-state index in [1.807, 2.05) is 0 Å². The maximum Gasteiger partial charge on any atom is 0.303 e. The molecule has 1 aliphatic rings. The topological polar surface area (TPSA) is 77.5 Å². The molecule has 84 valence electrons. The van der Waals surface area contributed by atoms with Crippen LogP contribution in [0.2, 0.25) is 0 Å². The molecule has 0 radical (unpaired) electrons. The van der Waals surface area contributed by atoms with Crippen LogP contribution < -0.4 is 10.1 Å². The summed E-state index contributed by atoms with van der Waals surface area (Å²) in [6, 6.07) is 3.36. The monoisotopic (exact) mass is 222 g/mol. The summed E-state index contributed by atoms with van der Waals surface area (Å²) in [4.78, 5) is 25.8. The fraction of sp³-hybridized carbons (Fsp3) is 0.300. The number of esters is 1. The molecule has 0 aromatic carbocycles. The highest BCUT2D eigenvalue weighted by Crippen LogP contribution is 2.25. The third-order valence-corrected chi connectivity index (χ3v) is 1.96. The second-order valence-electron chi connectivity index (χ2n) is 3.27. The van der Waals surface area contributed by atoms with Crippen LogP contribution in [-0.2, 0) is 20.9 Å². The quantitative estimate of drug-likeness (QED) is 0.736. The molecule has 16 heavy (non-hydrogen) atoms. The normalized spacial score (nSPS) is 13.4. The molecule has 1 aromatic heterocycles. The first-order valence-corrected chi connectivity index (χ1v) is 4.71. The second kappa shape index (κ2) is 4.18. The van der Waals surface area contributed by atoms with Gasteiger partial charge in [-0.25, -0.2) is 4.98 Å². The van der Waals surface area contributed by atoms with Crippen LogP contribution in [0.15, 0.2) is 12.1 Å². The molecule has 0 unspecified atom stereocenters. The van der Waals surface area contributed by atoms with E-state index in [9.17, 15) is 9.59 Å². The van der Waals surface area contributed by atoms with E-state index in [0.717, 1.165) is 0 Å². The smallest absolute Gasteiger partial charge is 0.303 e. The fourth-order valence-corrected chi connectivity index (χ4v) is 1.26. The molecule has 6 heteroatoms. The number of aromatic nitrogens is 1. The average molecular weight is 222 g/mol. The van der Waals surface area contributed by atoms with Crippen LogP contribution in [0.4, 0.5) is 5.82 Å². The van der Waals surface area contributed by atoms with Gasteiger partial charge in [-0.3, -0.25) is 9.59 Å². The number of rotatable bonds is 2. The number of fused-ring (bicyclic) bond motifs is 1. The third kappa shape index (κ3) is 2.28. The van der Waals surface area contributed by atoms with Gasteiger partial charge in [0.05, 0.1) is 5.69 Å². The predicted octanol–water partition coefficient (Wildman–Crippen LogP) is 0.476. The Labute approximate surface area is 91.6 Å². The van der Waals surface area contributed by atoms with Gasteiger partial charge in [0, 0.05) is 6.92 Å². The summed E-state index contributed by atoms with van der Waals surface area (Å²) in [6.07, 6.45) is 0. The molecule has 0 bridgehead atoms. The number of hydrogen-bond donors (Lipinski definition) is 1. The van der Waals surface area contributed by atoms with Crippen LogP contribution in [-0.4, -0.2) is 23.5 Å². The van der Waals surface area contributed by atoms with Gasteiger partial charge in [-0.2, -0.15) is 0 Å². The van der Waals surface area contributed by atoms with Gasteiger partial charge in [0.1, 0.15) is 6.61 Å². The van der Waals surface area contributed by atoms with Crippen molar-refractivity contribution in [2.45, 2.75) is 13.5 Å². The number of amides is 1. The van der Waals surface area contributed by atoms with Crippen LogP contribution >= 0.6 is 0 Å².